The average Bonchev–Trinajstić information content (AvgIpc) is 2.42. The molecular formula is C15H17ClN2O. The first-order valence-corrected chi connectivity index (χ1v) is 6.58. The van der Waals surface area contributed by atoms with Crippen LogP contribution in [0.3, 0.4) is 0 Å². The predicted octanol–water partition coefficient (Wildman–Crippen LogP) is 3.17. The van der Waals surface area contributed by atoms with Crippen LogP contribution in [0.2, 0.25) is 5.02 Å². The first-order chi connectivity index (χ1) is 9.29. The van der Waals surface area contributed by atoms with E-state index < -0.39 is 0 Å². The molecule has 4 heteroatoms. The molecule has 3 nitrogen and oxygen atoms in total. The molecule has 19 heavy (non-hydrogen) atoms. The molecule has 0 fully saturated rings. The highest BCUT2D eigenvalue weighted by Gasteiger charge is 2.01. The number of ether oxygens (including phenoxy) is 1. The Morgan fingerprint density at radius 2 is 1.84 bits per heavy atom. The van der Waals surface area contributed by atoms with Gasteiger partial charge in [0.05, 0.1) is 24.6 Å². The zero-order valence-electron chi connectivity index (χ0n) is 10.9. The monoisotopic (exact) mass is 276 g/mol. The van der Waals surface area contributed by atoms with Crippen LogP contribution in [0.25, 0.3) is 0 Å². The summed E-state index contributed by atoms with van der Waals surface area (Å²) >= 11 is 6.07. The van der Waals surface area contributed by atoms with Gasteiger partial charge in [0.1, 0.15) is 0 Å². The van der Waals surface area contributed by atoms with E-state index in [1.54, 1.807) is 0 Å². The van der Waals surface area contributed by atoms with E-state index in [1.165, 1.54) is 0 Å². The lowest BCUT2D eigenvalue weighted by Crippen LogP contribution is -2.08. The summed E-state index contributed by atoms with van der Waals surface area (Å²) in [6.45, 7) is 1.75. The molecule has 0 radical (unpaired) electrons. The van der Waals surface area contributed by atoms with Crippen molar-refractivity contribution in [2.24, 2.45) is 0 Å². The number of halogens is 1. The number of benzene rings is 1. The van der Waals surface area contributed by atoms with E-state index in [1.807, 2.05) is 49.5 Å². The van der Waals surface area contributed by atoms with Crippen LogP contribution < -0.4 is 5.32 Å². The topological polar surface area (TPSA) is 34.1 Å². The maximum absolute atomic E-state index is 6.07. The third-order valence-electron chi connectivity index (χ3n) is 2.69. The fourth-order valence-corrected chi connectivity index (χ4v) is 1.96. The van der Waals surface area contributed by atoms with Gasteiger partial charge in [-0.1, -0.05) is 35.9 Å². The van der Waals surface area contributed by atoms with Gasteiger partial charge in [0.2, 0.25) is 0 Å². The van der Waals surface area contributed by atoms with E-state index in [2.05, 4.69) is 10.3 Å². The molecule has 0 atom stereocenters. The molecule has 0 saturated heterocycles. The molecule has 0 bridgehead atoms. The van der Waals surface area contributed by atoms with Crippen molar-refractivity contribution in [1.29, 1.82) is 0 Å². The summed E-state index contributed by atoms with van der Waals surface area (Å²) in [6.07, 6.45) is 0. The van der Waals surface area contributed by atoms with Crippen molar-refractivity contribution >= 4 is 11.6 Å². The molecule has 2 rings (SSSR count). The van der Waals surface area contributed by atoms with Gasteiger partial charge >= 0.3 is 0 Å². The number of rotatable bonds is 6. The Bertz CT molecular complexity index is 531. The van der Waals surface area contributed by atoms with Crippen molar-refractivity contribution in [2.45, 2.75) is 19.8 Å². The van der Waals surface area contributed by atoms with Gasteiger partial charge in [0.25, 0.3) is 0 Å². The van der Waals surface area contributed by atoms with Crippen molar-refractivity contribution in [3.63, 3.8) is 0 Å². The largest absolute Gasteiger partial charge is 0.370 e. The lowest BCUT2D eigenvalue weighted by Gasteiger charge is -2.07. The van der Waals surface area contributed by atoms with E-state index in [0.717, 1.165) is 28.5 Å². The SMILES string of the molecule is CNCc1cccc(COCc2ccccc2Cl)n1. The molecular weight excluding hydrogens is 260 g/mol. The predicted molar refractivity (Wildman–Crippen MR) is 76.9 cm³/mol. The third-order valence-corrected chi connectivity index (χ3v) is 3.06. The summed E-state index contributed by atoms with van der Waals surface area (Å²) in [5.41, 5.74) is 2.94. The Balaban J connectivity index is 1.89. The molecule has 1 aromatic heterocycles. The van der Waals surface area contributed by atoms with Crippen LogP contribution in [0.4, 0.5) is 0 Å². The first-order valence-electron chi connectivity index (χ1n) is 6.20. The van der Waals surface area contributed by atoms with Crippen molar-refractivity contribution < 1.29 is 4.74 Å². The third kappa shape index (κ3) is 4.31. The molecule has 0 aliphatic rings. The minimum Gasteiger partial charge on any atom is -0.370 e. The molecule has 0 saturated carbocycles. The molecule has 100 valence electrons. The highest BCUT2D eigenvalue weighted by Crippen LogP contribution is 2.16. The van der Waals surface area contributed by atoms with Gasteiger partial charge in [0.15, 0.2) is 0 Å². The van der Waals surface area contributed by atoms with E-state index in [0.29, 0.717) is 13.2 Å². The maximum Gasteiger partial charge on any atom is 0.0892 e. The summed E-state index contributed by atoms with van der Waals surface area (Å²) in [6, 6.07) is 13.7. The van der Waals surface area contributed by atoms with Crippen molar-refractivity contribution in [3.8, 4) is 0 Å². The summed E-state index contributed by atoms with van der Waals surface area (Å²) < 4.78 is 5.65. The number of hydrogen-bond acceptors (Lipinski definition) is 3. The molecule has 0 unspecified atom stereocenters. The van der Waals surface area contributed by atoms with Crippen LogP contribution in [0.15, 0.2) is 42.5 Å². The summed E-state index contributed by atoms with van der Waals surface area (Å²) in [5.74, 6) is 0. The summed E-state index contributed by atoms with van der Waals surface area (Å²) in [4.78, 5) is 4.50. The number of nitrogens with one attached hydrogen (secondary N) is 1. The lowest BCUT2D eigenvalue weighted by atomic mass is 10.2. The molecule has 0 aliphatic carbocycles. The Morgan fingerprint density at radius 1 is 1.05 bits per heavy atom. The van der Waals surface area contributed by atoms with Gasteiger partial charge in [-0.05, 0) is 30.8 Å². The van der Waals surface area contributed by atoms with Crippen LogP contribution >= 0.6 is 11.6 Å². The zero-order valence-corrected chi connectivity index (χ0v) is 11.7. The molecule has 1 aromatic carbocycles. The van der Waals surface area contributed by atoms with Crippen molar-refractivity contribution in [2.75, 3.05) is 7.05 Å². The van der Waals surface area contributed by atoms with E-state index in [4.69, 9.17) is 16.3 Å². The van der Waals surface area contributed by atoms with Gasteiger partial charge in [-0.15, -0.1) is 0 Å². The van der Waals surface area contributed by atoms with Crippen LogP contribution in [-0.2, 0) is 24.5 Å². The van der Waals surface area contributed by atoms with Gasteiger partial charge in [-0.25, -0.2) is 0 Å². The number of pyridine rings is 1. The van der Waals surface area contributed by atoms with Crippen LogP contribution in [0.1, 0.15) is 17.0 Å². The summed E-state index contributed by atoms with van der Waals surface area (Å²) in [5, 5.41) is 3.82. The standard InChI is InChI=1S/C15H17ClN2O/c1-17-9-13-6-4-7-14(18-13)11-19-10-12-5-2-3-8-15(12)16/h2-8,17H,9-11H2,1H3. The van der Waals surface area contributed by atoms with Crippen LogP contribution in [-0.4, -0.2) is 12.0 Å². The van der Waals surface area contributed by atoms with Crippen LogP contribution in [0, 0.1) is 0 Å². The highest BCUT2D eigenvalue weighted by atomic mass is 35.5. The van der Waals surface area contributed by atoms with E-state index in [9.17, 15) is 0 Å². The second-order valence-corrected chi connectivity index (χ2v) is 4.64. The quantitative estimate of drug-likeness (QED) is 0.880. The molecule has 1 N–H and O–H groups in total. The van der Waals surface area contributed by atoms with E-state index in [-0.39, 0.29) is 0 Å². The minimum absolute atomic E-state index is 0.489. The normalized spacial score (nSPS) is 10.6. The Hall–Kier alpha value is -1.42. The molecule has 0 amide bonds. The average molecular weight is 277 g/mol. The molecule has 0 spiro atoms. The minimum atomic E-state index is 0.489. The van der Waals surface area contributed by atoms with Crippen molar-refractivity contribution in [1.82, 2.24) is 10.3 Å². The smallest absolute Gasteiger partial charge is 0.0892 e. The fraction of sp³-hybridized carbons (Fsp3) is 0.267. The Labute approximate surface area is 118 Å². The number of aromatic nitrogens is 1. The Kier molecular flexibility index (Phi) is 5.33. The van der Waals surface area contributed by atoms with E-state index >= 15 is 0 Å². The fourth-order valence-electron chi connectivity index (χ4n) is 1.77. The number of nitrogens with zero attached hydrogens (tertiary/aromatic N) is 1. The second kappa shape index (κ2) is 7.24. The maximum atomic E-state index is 6.07. The Morgan fingerprint density at radius 3 is 2.63 bits per heavy atom. The van der Waals surface area contributed by atoms with Gasteiger partial charge < -0.3 is 10.1 Å². The first kappa shape index (κ1) is 14.0. The lowest BCUT2D eigenvalue weighted by molar-refractivity contribution is 0.104. The highest BCUT2D eigenvalue weighted by molar-refractivity contribution is 6.31. The number of hydrogen-bond donors (Lipinski definition) is 1. The molecule has 0 aliphatic heterocycles. The van der Waals surface area contributed by atoms with Gasteiger partial charge in [-0.3, -0.25) is 4.98 Å². The summed E-state index contributed by atoms with van der Waals surface area (Å²) in [7, 11) is 1.91. The zero-order chi connectivity index (χ0) is 13.5. The van der Waals surface area contributed by atoms with Crippen LogP contribution in [0.5, 0.6) is 0 Å². The second-order valence-electron chi connectivity index (χ2n) is 4.23. The van der Waals surface area contributed by atoms with Gasteiger partial charge in [-0.2, -0.15) is 0 Å². The molecule has 1 heterocycles. The molecule has 2 aromatic rings. The van der Waals surface area contributed by atoms with Crippen molar-refractivity contribution in [3.05, 3.63) is 64.4 Å². The van der Waals surface area contributed by atoms with Gasteiger partial charge in [0, 0.05) is 11.6 Å².